The molecule has 0 saturated heterocycles. The molecule has 0 aliphatic heterocycles. The minimum Gasteiger partial charge on any atom is -0.392 e. The van der Waals surface area contributed by atoms with E-state index in [0.717, 1.165) is 0 Å². The van der Waals surface area contributed by atoms with Crippen molar-refractivity contribution in [2.45, 2.75) is 68.2 Å². The highest BCUT2D eigenvalue weighted by Crippen LogP contribution is 2.37. The third kappa shape index (κ3) is 5.47. The van der Waals surface area contributed by atoms with Crippen LogP contribution in [0.3, 0.4) is 0 Å². The summed E-state index contributed by atoms with van der Waals surface area (Å²) in [6.45, 7) is 20.4. The summed E-state index contributed by atoms with van der Waals surface area (Å²) >= 11 is 0. The number of carbonyl (C=O) groups excluding carboxylic acids is 4. The van der Waals surface area contributed by atoms with Crippen LogP contribution in [-0.4, -0.2) is 23.5 Å². The topological polar surface area (TPSA) is 77.5 Å². The summed E-state index contributed by atoms with van der Waals surface area (Å²) in [5, 5.41) is 0. The summed E-state index contributed by atoms with van der Waals surface area (Å²) in [7, 11) is 0. The lowest BCUT2D eigenvalue weighted by Gasteiger charge is -2.33. The fraction of sp³-hybridized carbons (Fsp3) is 0.636. The zero-order valence-electron chi connectivity index (χ0n) is 18.0. The number of hydrogen-bond acceptors (Lipinski definition) is 5. The predicted molar refractivity (Wildman–Crippen MR) is 106 cm³/mol. The van der Waals surface area contributed by atoms with Gasteiger partial charge in [0.25, 0.3) is 0 Å². The maximum absolute atomic E-state index is 12.7. The van der Waals surface area contributed by atoms with Crippen LogP contribution in [0.4, 0.5) is 0 Å². The number of hydrogen-bond donors (Lipinski definition) is 0. The molecule has 0 rings (SSSR count). The Kier molecular flexibility index (Phi) is 8.55. The number of ketones is 2. The zero-order chi connectivity index (χ0) is 21.7. The normalized spacial score (nSPS) is 14.1. The minimum atomic E-state index is -1.20. The van der Waals surface area contributed by atoms with Crippen LogP contribution in [0.2, 0.25) is 0 Å². The summed E-state index contributed by atoms with van der Waals surface area (Å²) in [6.07, 6.45) is 0.828. The van der Waals surface area contributed by atoms with E-state index in [1.807, 2.05) is 0 Å². The van der Waals surface area contributed by atoms with Crippen LogP contribution in [0.25, 0.3) is 0 Å². The van der Waals surface area contributed by atoms with E-state index < -0.39 is 34.6 Å². The lowest BCUT2D eigenvalue weighted by Crippen LogP contribution is -2.44. The molecule has 0 bridgehead atoms. The molecule has 0 saturated carbocycles. The first-order chi connectivity index (χ1) is 12.2. The SMILES string of the molecule is C=C(C)C(=O)C(CC)C(C)(C)C(=O)OC(=O)C(C)(C)C(CC)C(=O)C(=C)C. The van der Waals surface area contributed by atoms with Gasteiger partial charge in [-0.15, -0.1) is 0 Å². The second-order valence-electron chi connectivity index (χ2n) is 8.33. The second-order valence-corrected chi connectivity index (χ2v) is 8.33. The Hall–Kier alpha value is -2.04. The van der Waals surface area contributed by atoms with Gasteiger partial charge in [-0.2, -0.15) is 0 Å². The van der Waals surface area contributed by atoms with Crippen molar-refractivity contribution >= 4 is 23.5 Å². The summed E-state index contributed by atoms with van der Waals surface area (Å²) in [5.74, 6) is -3.29. The van der Waals surface area contributed by atoms with E-state index in [4.69, 9.17) is 4.74 Å². The summed E-state index contributed by atoms with van der Waals surface area (Å²) < 4.78 is 5.16. The lowest BCUT2D eigenvalue weighted by atomic mass is 9.72. The Morgan fingerprint density at radius 3 is 1.19 bits per heavy atom. The van der Waals surface area contributed by atoms with Gasteiger partial charge in [-0.05, 0) is 65.5 Å². The first-order valence-corrected chi connectivity index (χ1v) is 9.32. The molecule has 152 valence electrons. The van der Waals surface area contributed by atoms with Gasteiger partial charge in [0.2, 0.25) is 0 Å². The van der Waals surface area contributed by atoms with Crippen molar-refractivity contribution in [3.8, 4) is 0 Å². The number of carbonyl (C=O) groups is 4. The molecule has 0 aromatic heterocycles. The molecule has 0 aliphatic rings. The molecule has 5 heteroatoms. The average molecular weight is 379 g/mol. The highest BCUT2D eigenvalue weighted by molar-refractivity contribution is 6.03. The van der Waals surface area contributed by atoms with Gasteiger partial charge in [0, 0.05) is 11.8 Å². The highest BCUT2D eigenvalue weighted by atomic mass is 16.6. The quantitative estimate of drug-likeness (QED) is 0.319. The number of rotatable bonds is 10. The maximum Gasteiger partial charge on any atom is 0.319 e. The Balaban J connectivity index is 5.61. The van der Waals surface area contributed by atoms with E-state index in [2.05, 4.69) is 13.2 Å². The molecule has 2 unspecified atom stereocenters. The van der Waals surface area contributed by atoms with Crippen LogP contribution in [0.1, 0.15) is 68.2 Å². The zero-order valence-corrected chi connectivity index (χ0v) is 18.0. The van der Waals surface area contributed by atoms with E-state index >= 15 is 0 Å². The van der Waals surface area contributed by atoms with Gasteiger partial charge in [0.1, 0.15) is 0 Å². The third-order valence-corrected chi connectivity index (χ3v) is 5.27. The van der Waals surface area contributed by atoms with Crippen molar-refractivity contribution in [1.82, 2.24) is 0 Å². The molecule has 0 heterocycles. The summed E-state index contributed by atoms with van der Waals surface area (Å²) in [6, 6.07) is 0. The minimum absolute atomic E-state index is 0.227. The van der Waals surface area contributed by atoms with Crippen LogP contribution in [0, 0.1) is 22.7 Å². The van der Waals surface area contributed by atoms with E-state index in [9.17, 15) is 19.2 Å². The summed E-state index contributed by atoms with van der Waals surface area (Å²) in [5.41, 5.74) is -1.69. The maximum atomic E-state index is 12.7. The Morgan fingerprint density at radius 1 is 0.741 bits per heavy atom. The van der Waals surface area contributed by atoms with E-state index in [1.54, 1.807) is 55.4 Å². The van der Waals surface area contributed by atoms with E-state index in [-0.39, 0.29) is 11.6 Å². The molecule has 2 atom stereocenters. The van der Waals surface area contributed by atoms with Crippen molar-refractivity contribution in [3.05, 3.63) is 24.3 Å². The lowest BCUT2D eigenvalue weighted by molar-refractivity contribution is -0.177. The van der Waals surface area contributed by atoms with Crippen LogP contribution >= 0.6 is 0 Å². The molecule has 0 aliphatic carbocycles. The van der Waals surface area contributed by atoms with Gasteiger partial charge in [0.05, 0.1) is 10.8 Å². The third-order valence-electron chi connectivity index (χ3n) is 5.27. The van der Waals surface area contributed by atoms with Crippen molar-refractivity contribution in [3.63, 3.8) is 0 Å². The van der Waals surface area contributed by atoms with Gasteiger partial charge >= 0.3 is 11.9 Å². The fourth-order valence-electron chi connectivity index (χ4n) is 3.27. The molecule has 0 aromatic carbocycles. The Morgan fingerprint density at radius 2 is 1.00 bits per heavy atom. The number of allylic oxidation sites excluding steroid dienone is 2. The molecule has 0 fully saturated rings. The number of Topliss-reactive ketones (excluding diaryl/α,β-unsaturated/α-hetero) is 2. The molecule has 0 aromatic rings. The number of esters is 2. The van der Waals surface area contributed by atoms with Crippen LogP contribution < -0.4 is 0 Å². The largest absolute Gasteiger partial charge is 0.392 e. The first-order valence-electron chi connectivity index (χ1n) is 9.32. The monoisotopic (exact) mass is 378 g/mol. The molecule has 5 nitrogen and oxygen atoms in total. The molecule has 27 heavy (non-hydrogen) atoms. The van der Waals surface area contributed by atoms with E-state index in [1.165, 1.54) is 0 Å². The average Bonchev–Trinajstić information content (AvgIpc) is 2.54. The molecule has 0 N–H and O–H groups in total. The highest BCUT2D eigenvalue weighted by Gasteiger charge is 2.46. The van der Waals surface area contributed by atoms with Gasteiger partial charge in [-0.25, -0.2) is 0 Å². The predicted octanol–water partition coefficient (Wildman–Crippen LogP) is 4.45. The van der Waals surface area contributed by atoms with Crippen LogP contribution in [0.15, 0.2) is 24.3 Å². The molecule has 0 amide bonds. The standard InChI is InChI=1S/C22H34O5/c1-11-15(17(23)13(3)4)21(7,8)19(25)27-20(26)22(9,10)16(12-2)18(24)14(5)6/h15-16H,3,5,11-12H2,1-2,4,6-10H3. The molecular formula is C22H34O5. The molecule has 0 spiro atoms. The van der Waals surface area contributed by atoms with Gasteiger partial charge in [0.15, 0.2) is 11.6 Å². The van der Waals surface area contributed by atoms with E-state index in [0.29, 0.717) is 24.0 Å². The van der Waals surface area contributed by atoms with Crippen molar-refractivity contribution in [1.29, 1.82) is 0 Å². The summed E-state index contributed by atoms with van der Waals surface area (Å²) in [4.78, 5) is 50.2. The van der Waals surface area contributed by atoms with Gasteiger partial charge in [-0.3, -0.25) is 19.2 Å². The number of ether oxygens (including phenoxy) is 1. The Bertz CT molecular complexity index is 596. The smallest absolute Gasteiger partial charge is 0.319 e. The van der Waals surface area contributed by atoms with Crippen molar-refractivity contribution < 1.29 is 23.9 Å². The Labute approximate surface area is 163 Å². The van der Waals surface area contributed by atoms with Crippen molar-refractivity contribution in [2.24, 2.45) is 22.7 Å². The van der Waals surface area contributed by atoms with Crippen LogP contribution in [0.5, 0.6) is 0 Å². The second kappa shape index (κ2) is 9.25. The van der Waals surface area contributed by atoms with Crippen LogP contribution in [-0.2, 0) is 23.9 Å². The van der Waals surface area contributed by atoms with Crippen molar-refractivity contribution in [2.75, 3.05) is 0 Å². The van der Waals surface area contributed by atoms with Gasteiger partial charge < -0.3 is 4.74 Å². The molecule has 0 radical (unpaired) electrons. The molecular weight excluding hydrogens is 344 g/mol. The first kappa shape index (κ1) is 25.0. The fourth-order valence-corrected chi connectivity index (χ4v) is 3.27. The van der Waals surface area contributed by atoms with Gasteiger partial charge in [-0.1, -0.05) is 27.0 Å².